The van der Waals surface area contributed by atoms with Gasteiger partial charge in [-0.25, -0.2) is 4.98 Å². The van der Waals surface area contributed by atoms with E-state index in [2.05, 4.69) is 4.98 Å². The van der Waals surface area contributed by atoms with Crippen LogP contribution >= 0.6 is 0 Å². The molecule has 1 heterocycles. The standard InChI is InChI=1S/C22H21N3O3/c1-17(19(16-25(27)28)13-12-18-8-4-2-5-9-18)21(26)22-23-14-15-24(22)20-10-6-3-7-11-20/h2-15,17,19H,16H2,1H3/b13-12+/t17-,19+/m0/s1. The molecule has 0 aliphatic rings. The number of nitro groups is 1. The second-order valence-electron chi connectivity index (χ2n) is 6.56. The van der Waals surface area contributed by atoms with Crippen molar-refractivity contribution in [3.05, 3.63) is 101 Å². The molecular formula is C22H21N3O3. The number of carbonyl (C=O) groups excluding carboxylic acids is 1. The van der Waals surface area contributed by atoms with Crippen LogP contribution in [0.5, 0.6) is 0 Å². The molecule has 6 nitrogen and oxygen atoms in total. The van der Waals surface area contributed by atoms with Crippen molar-refractivity contribution in [1.29, 1.82) is 0 Å². The first kappa shape index (κ1) is 19.2. The fourth-order valence-corrected chi connectivity index (χ4v) is 3.04. The van der Waals surface area contributed by atoms with Crippen molar-refractivity contribution in [2.45, 2.75) is 6.92 Å². The predicted molar refractivity (Wildman–Crippen MR) is 108 cm³/mol. The van der Waals surface area contributed by atoms with Crippen molar-refractivity contribution in [3.63, 3.8) is 0 Å². The fourth-order valence-electron chi connectivity index (χ4n) is 3.04. The highest BCUT2D eigenvalue weighted by Crippen LogP contribution is 2.22. The van der Waals surface area contributed by atoms with Gasteiger partial charge in [-0.1, -0.05) is 67.6 Å². The molecule has 0 aliphatic heterocycles. The molecular weight excluding hydrogens is 354 g/mol. The molecule has 0 fully saturated rings. The Labute approximate surface area is 163 Å². The molecule has 0 radical (unpaired) electrons. The monoisotopic (exact) mass is 375 g/mol. The van der Waals surface area contributed by atoms with E-state index in [9.17, 15) is 14.9 Å². The first-order valence-corrected chi connectivity index (χ1v) is 9.04. The average molecular weight is 375 g/mol. The minimum absolute atomic E-state index is 0.224. The smallest absolute Gasteiger partial charge is 0.210 e. The van der Waals surface area contributed by atoms with Crippen LogP contribution in [0.3, 0.4) is 0 Å². The van der Waals surface area contributed by atoms with Crippen molar-refractivity contribution in [3.8, 4) is 5.69 Å². The van der Waals surface area contributed by atoms with Gasteiger partial charge >= 0.3 is 0 Å². The number of imidazole rings is 1. The summed E-state index contributed by atoms with van der Waals surface area (Å²) in [7, 11) is 0. The molecule has 6 heteroatoms. The number of carbonyl (C=O) groups is 1. The Kier molecular flexibility index (Phi) is 6.11. The van der Waals surface area contributed by atoms with Crippen LogP contribution in [0.25, 0.3) is 11.8 Å². The second kappa shape index (κ2) is 8.90. The third-order valence-electron chi connectivity index (χ3n) is 4.65. The minimum atomic E-state index is -0.588. The van der Waals surface area contributed by atoms with E-state index in [0.29, 0.717) is 0 Å². The Hall–Kier alpha value is -3.54. The molecule has 0 saturated carbocycles. The zero-order chi connectivity index (χ0) is 19.9. The summed E-state index contributed by atoms with van der Waals surface area (Å²) in [6.07, 6.45) is 6.85. The summed E-state index contributed by atoms with van der Waals surface area (Å²) in [4.78, 5) is 28.1. The number of hydrogen-bond donors (Lipinski definition) is 0. The fraction of sp³-hybridized carbons (Fsp3) is 0.182. The highest BCUT2D eigenvalue weighted by atomic mass is 16.6. The van der Waals surface area contributed by atoms with E-state index >= 15 is 0 Å². The lowest BCUT2D eigenvalue weighted by atomic mass is 9.89. The van der Waals surface area contributed by atoms with Crippen LogP contribution < -0.4 is 0 Å². The lowest BCUT2D eigenvalue weighted by Gasteiger charge is -2.17. The van der Waals surface area contributed by atoms with Crippen LogP contribution in [0, 0.1) is 22.0 Å². The van der Waals surface area contributed by atoms with E-state index in [0.717, 1.165) is 11.3 Å². The number of rotatable bonds is 8. The summed E-state index contributed by atoms with van der Waals surface area (Å²) in [6, 6.07) is 18.9. The molecule has 1 aromatic heterocycles. The maximum absolute atomic E-state index is 13.1. The van der Waals surface area contributed by atoms with Gasteiger partial charge in [-0.3, -0.25) is 19.5 Å². The largest absolute Gasteiger partial charge is 0.297 e. The molecule has 142 valence electrons. The van der Waals surface area contributed by atoms with Crippen LogP contribution in [0.1, 0.15) is 23.1 Å². The third kappa shape index (κ3) is 4.59. The average Bonchev–Trinajstić information content (AvgIpc) is 3.21. The molecule has 0 bridgehead atoms. The van der Waals surface area contributed by atoms with Gasteiger partial charge in [0.25, 0.3) is 0 Å². The molecule has 0 spiro atoms. The molecule has 28 heavy (non-hydrogen) atoms. The summed E-state index contributed by atoms with van der Waals surface area (Å²) in [5.41, 5.74) is 1.75. The van der Waals surface area contributed by atoms with Gasteiger partial charge in [0.05, 0.1) is 5.92 Å². The summed E-state index contributed by atoms with van der Waals surface area (Å²) in [5, 5.41) is 11.2. The van der Waals surface area contributed by atoms with E-state index in [1.807, 2.05) is 66.7 Å². The van der Waals surface area contributed by atoms with Gasteiger partial charge in [-0.15, -0.1) is 0 Å². The summed E-state index contributed by atoms with van der Waals surface area (Å²) in [6.45, 7) is 1.40. The van der Waals surface area contributed by atoms with Crippen molar-refractivity contribution in [2.24, 2.45) is 11.8 Å². The molecule has 2 aromatic carbocycles. The highest BCUT2D eigenvalue weighted by Gasteiger charge is 2.29. The van der Waals surface area contributed by atoms with Gasteiger partial charge in [0.1, 0.15) is 0 Å². The third-order valence-corrected chi connectivity index (χ3v) is 4.65. The molecule has 3 rings (SSSR count). The Balaban J connectivity index is 1.86. The lowest BCUT2D eigenvalue weighted by Crippen LogP contribution is -2.27. The van der Waals surface area contributed by atoms with Gasteiger partial charge in [0.15, 0.2) is 5.82 Å². The first-order valence-electron chi connectivity index (χ1n) is 9.04. The maximum atomic E-state index is 13.1. The molecule has 2 atom stereocenters. The number of para-hydroxylation sites is 1. The second-order valence-corrected chi connectivity index (χ2v) is 6.56. The summed E-state index contributed by atoms with van der Waals surface area (Å²) < 4.78 is 1.71. The van der Waals surface area contributed by atoms with E-state index in [-0.39, 0.29) is 23.1 Å². The summed E-state index contributed by atoms with van der Waals surface area (Å²) >= 11 is 0. The highest BCUT2D eigenvalue weighted by molar-refractivity contribution is 5.95. The molecule has 0 N–H and O–H groups in total. The Bertz CT molecular complexity index is 965. The minimum Gasteiger partial charge on any atom is -0.297 e. The normalized spacial score (nSPS) is 13.3. The summed E-state index contributed by atoms with van der Waals surface area (Å²) in [5.74, 6) is -1.07. The van der Waals surface area contributed by atoms with Gasteiger partial charge in [-0.05, 0) is 17.7 Å². The molecule has 0 saturated heterocycles. The van der Waals surface area contributed by atoms with Gasteiger partial charge < -0.3 is 0 Å². The zero-order valence-electron chi connectivity index (χ0n) is 15.5. The van der Waals surface area contributed by atoms with Crippen LogP contribution in [0.15, 0.2) is 79.1 Å². The quantitative estimate of drug-likeness (QED) is 0.334. The van der Waals surface area contributed by atoms with Gasteiger partial charge in [0, 0.05) is 28.9 Å². The Morgan fingerprint density at radius 1 is 1.14 bits per heavy atom. The van der Waals surface area contributed by atoms with Gasteiger partial charge in [0.2, 0.25) is 12.3 Å². The van der Waals surface area contributed by atoms with Crippen molar-refractivity contribution >= 4 is 11.9 Å². The maximum Gasteiger partial charge on any atom is 0.210 e. The van der Waals surface area contributed by atoms with Crippen molar-refractivity contribution in [2.75, 3.05) is 6.54 Å². The van der Waals surface area contributed by atoms with Crippen LogP contribution in [0.2, 0.25) is 0 Å². The van der Waals surface area contributed by atoms with Crippen LogP contribution in [-0.2, 0) is 0 Å². The Morgan fingerprint density at radius 2 is 1.79 bits per heavy atom. The Morgan fingerprint density at radius 3 is 2.43 bits per heavy atom. The van der Waals surface area contributed by atoms with Crippen LogP contribution in [-0.4, -0.2) is 26.8 Å². The molecule has 3 aromatic rings. The van der Waals surface area contributed by atoms with Crippen LogP contribution in [0.4, 0.5) is 0 Å². The molecule has 0 amide bonds. The van der Waals surface area contributed by atoms with Crippen molar-refractivity contribution in [1.82, 2.24) is 9.55 Å². The number of aromatic nitrogens is 2. The number of Topliss-reactive ketones (excluding diaryl/α,β-unsaturated/α-hetero) is 1. The van der Waals surface area contributed by atoms with E-state index in [1.165, 1.54) is 0 Å². The topological polar surface area (TPSA) is 78.0 Å². The SMILES string of the molecule is C[C@H](C(=O)c1nccn1-c1ccccc1)[C@H](/C=C/c1ccccc1)C[N+](=O)[O-]. The van der Waals surface area contributed by atoms with Crippen molar-refractivity contribution < 1.29 is 9.72 Å². The van der Waals surface area contributed by atoms with E-state index in [4.69, 9.17) is 0 Å². The van der Waals surface area contributed by atoms with E-state index in [1.54, 1.807) is 30.0 Å². The van der Waals surface area contributed by atoms with E-state index < -0.39 is 11.8 Å². The number of benzene rings is 2. The molecule has 0 aliphatic carbocycles. The zero-order valence-corrected chi connectivity index (χ0v) is 15.5. The number of hydrogen-bond acceptors (Lipinski definition) is 4. The number of ketones is 1. The van der Waals surface area contributed by atoms with Gasteiger partial charge in [-0.2, -0.15) is 0 Å². The molecule has 0 unspecified atom stereocenters. The number of nitrogens with zero attached hydrogens (tertiary/aromatic N) is 3. The lowest BCUT2D eigenvalue weighted by molar-refractivity contribution is -0.486. The predicted octanol–water partition coefficient (Wildman–Crippen LogP) is 4.30. The first-order chi connectivity index (χ1) is 13.6.